The highest BCUT2D eigenvalue weighted by atomic mass is 16.5. The van der Waals surface area contributed by atoms with Gasteiger partial charge in [-0.2, -0.15) is 0 Å². The predicted octanol–water partition coefficient (Wildman–Crippen LogP) is 3.53. The second kappa shape index (κ2) is 8.05. The number of hydrogen-bond acceptors (Lipinski definition) is 3. The van der Waals surface area contributed by atoms with Crippen molar-refractivity contribution >= 4 is 5.97 Å². The summed E-state index contributed by atoms with van der Waals surface area (Å²) in [6.07, 6.45) is 1.53. The minimum atomic E-state index is -0.150. The van der Waals surface area contributed by atoms with Crippen LogP contribution in [0.4, 0.5) is 0 Å². The summed E-state index contributed by atoms with van der Waals surface area (Å²) in [7, 11) is 0. The number of benzene rings is 1. The molecule has 0 saturated carbocycles. The Morgan fingerprint density at radius 3 is 2.55 bits per heavy atom. The van der Waals surface area contributed by atoms with Gasteiger partial charge in [0.05, 0.1) is 6.42 Å². The first-order valence-corrected chi connectivity index (χ1v) is 7.36. The predicted molar refractivity (Wildman–Crippen MR) is 82.4 cm³/mol. The number of carbonyl (C=O) groups excluding carboxylic acids is 1. The highest BCUT2D eigenvalue weighted by Gasteiger charge is 2.17. The number of ether oxygens (including phenoxy) is 1. The van der Waals surface area contributed by atoms with Crippen LogP contribution in [0.2, 0.25) is 0 Å². The van der Waals surface area contributed by atoms with Crippen LogP contribution in [0, 0.1) is 5.41 Å². The molecule has 0 aliphatic carbocycles. The first kappa shape index (κ1) is 16.7. The molecule has 0 bridgehead atoms. The fourth-order valence-electron chi connectivity index (χ4n) is 1.69. The fraction of sp³-hybridized carbons (Fsp3) is 0.588. The molecule has 1 N–H and O–H groups in total. The first-order valence-electron chi connectivity index (χ1n) is 7.36. The maximum atomic E-state index is 11.8. The molecule has 0 saturated heterocycles. The maximum absolute atomic E-state index is 11.8. The quantitative estimate of drug-likeness (QED) is 0.739. The third-order valence-corrected chi connectivity index (χ3v) is 3.60. The van der Waals surface area contributed by atoms with Gasteiger partial charge in [-0.3, -0.25) is 4.79 Å². The van der Waals surface area contributed by atoms with Crippen LogP contribution in [0.5, 0.6) is 0 Å². The van der Waals surface area contributed by atoms with Gasteiger partial charge < -0.3 is 10.1 Å². The number of rotatable bonds is 8. The summed E-state index contributed by atoms with van der Waals surface area (Å²) in [5, 5.41) is 3.40. The zero-order valence-electron chi connectivity index (χ0n) is 13.1. The van der Waals surface area contributed by atoms with Gasteiger partial charge in [0, 0.05) is 12.6 Å². The molecule has 112 valence electrons. The Kier molecular flexibility index (Phi) is 6.73. The normalized spacial score (nSPS) is 13.0. The molecule has 0 fully saturated rings. The van der Waals surface area contributed by atoms with E-state index in [4.69, 9.17) is 4.74 Å². The van der Waals surface area contributed by atoms with E-state index < -0.39 is 0 Å². The van der Waals surface area contributed by atoms with Crippen LogP contribution in [0.1, 0.15) is 46.1 Å². The number of nitrogens with one attached hydrogen (secondary N) is 1. The summed E-state index contributed by atoms with van der Waals surface area (Å²) in [6, 6.07) is 9.90. The van der Waals surface area contributed by atoms with Gasteiger partial charge in [0.2, 0.25) is 0 Å². The van der Waals surface area contributed by atoms with Crippen molar-refractivity contribution in [2.24, 2.45) is 5.41 Å². The van der Waals surface area contributed by atoms with Crippen LogP contribution in [-0.2, 0) is 16.1 Å². The standard InChI is InChI=1S/C17H27NO2/c1-5-17(3,4)13-18-14(2)11-16(19)20-12-15-9-7-6-8-10-15/h6-10,14,18H,5,11-13H2,1-4H3. The number of carbonyl (C=O) groups is 1. The lowest BCUT2D eigenvalue weighted by Gasteiger charge is -2.25. The Balaban J connectivity index is 2.25. The van der Waals surface area contributed by atoms with Gasteiger partial charge in [0.25, 0.3) is 0 Å². The molecule has 3 heteroatoms. The summed E-state index contributed by atoms with van der Waals surface area (Å²) in [6.45, 7) is 9.92. The Morgan fingerprint density at radius 1 is 1.30 bits per heavy atom. The van der Waals surface area contributed by atoms with Crippen molar-refractivity contribution in [1.29, 1.82) is 0 Å². The second-order valence-electron chi connectivity index (χ2n) is 6.15. The lowest BCUT2D eigenvalue weighted by atomic mass is 9.90. The molecule has 1 unspecified atom stereocenters. The van der Waals surface area contributed by atoms with Gasteiger partial charge in [0.15, 0.2) is 0 Å². The van der Waals surface area contributed by atoms with E-state index in [1.54, 1.807) is 0 Å². The molecule has 0 spiro atoms. The van der Waals surface area contributed by atoms with Crippen molar-refractivity contribution in [3.05, 3.63) is 35.9 Å². The van der Waals surface area contributed by atoms with E-state index in [1.807, 2.05) is 37.3 Å². The molecule has 0 aliphatic rings. The molecule has 20 heavy (non-hydrogen) atoms. The Bertz CT molecular complexity index is 401. The molecular weight excluding hydrogens is 250 g/mol. The molecule has 0 amide bonds. The van der Waals surface area contributed by atoms with Crippen LogP contribution in [0.25, 0.3) is 0 Å². The van der Waals surface area contributed by atoms with Gasteiger partial charge >= 0.3 is 5.97 Å². The second-order valence-corrected chi connectivity index (χ2v) is 6.15. The van der Waals surface area contributed by atoms with E-state index in [1.165, 1.54) is 0 Å². The monoisotopic (exact) mass is 277 g/mol. The average molecular weight is 277 g/mol. The molecule has 0 aromatic heterocycles. The van der Waals surface area contributed by atoms with Crippen molar-refractivity contribution in [2.45, 2.75) is 53.2 Å². The van der Waals surface area contributed by atoms with Crippen LogP contribution in [0.3, 0.4) is 0 Å². The molecule has 1 atom stereocenters. The molecule has 0 radical (unpaired) electrons. The first-order chi connectivity index (χ1) is 9.43. The summed E-state index contributed by atoms with van der Waals surface area (Å²) in [5.74, 6) is -0.150. The van der Waals surface area contributed by atoms with Crippen LogP contribution in [-0.4, -0.2) is 18.6 Å². The largest absolute Gasteiger partial charge is 0.461 e. The summed E-state index contributed by atoms with van der Waals surface area (Å²) < 4.78 is 5.28. The van der Waals surface area contributed by atoms with Crippen molar-refractivity contribution < 1.29 is 9.53 Å². The van der Waals surface area contributed by atoms with Crippen molar-refractivity contribution in [2.75, 3.05) is 6.54 Å². The SMILES string of the molecule is CCC(C)(C)CNC(C)CC(=O)OCc1ccccc1. The third kappa shape index (κ3) is 6.71. The lowest BCUT2D eigenvalue weighted by molar-refractivity contribution is -0.145. The third-order valence-electron chi connectivity index (χ3n) is 3.60. The Morgan fingerprint density at radius 2 is 1.95 bits per heavy atom. The van der Waals surface area contributed by atoms with Crippen molar-refractivity contribution in [3.8, 4) is 0 Å². The van der Waals surface area contributed by atoms with E-state index in [9.17, 15) is 4.79 Å². The molecule has 1 aromatic carbocycles. The molecular formula is C17H27NO2. The smallest absolute Gasteiger partial charge is 0.307 e. The highest BCUT2D eigenvalue weighted by molar-refractivity contribution is 5.70. The van der Waals surface area contributed by atoms with E-state index >= 15 is 0 Å². The van der Waals surface area contributed by atoms with E-state index in [0.29, 0.717) is 13.0 Å². The maximum Gasteiger partial charge on any atom is 0.307 e. The van der Waals surface area contributed by atoms with Crippen LogP contribution in [0.15, 0.2) is 30.3 Å². The molecule has 3 nitrogen and oxygen atoms in total. The van der Waals surface area contributed by atoms with Gasteiger partial charge in [-0.15, -0.1) is 0 Å². The number of esters is 1. The molecule has 0 heterocycles. The Labute approximate surface area is 122 Å². The Hall–Kier alpha value is -1.35. The van der Waals surface area contributed by atoms with Crippen LogP contribution >= 0.6 is 0 Å². The highest BCUT2D eigenvalue weighted by Crippen LogP contribution is 2.18. The molecule has 1 aromatic rings. The molecule has 0 aliphatic heterocycles. The van der Waals surface area contributed by atoms with Crippen LogP contribution < -0.4 is 5.32 Å². The van der Waals surface area contributed by atoms with Gasteiger partial charge in [-0.05, 0) is 24.3 Å². The average Bonchev–Trinajstić information content (AvgIpc) is 2.44. The zero-order valence-corrected chi connectivity index (χ0v) is 13.1. The number of hydrogen-bond donors (Lipinski definition) is 1. The van der Waals surface area contributed by atoms with E-state index in [2.05, 4.69) is 26.1 Å². The summed E-state index contributed by atoms with van der Waals surface area (Å²) in [4.78, 5) is 11.8. The summed E-state index contributed by atoms with van der Waals surface area (Å²) in [5.41, 5.74) is 1.29. The fourth-order valence-corrected chi connectivity index (χ4v) is 1.69. The molecule has 1 rings (SSSR count). The summed E-state index contributed by atoms with van der Waals surface area (Å²) >= 11 is 0. The van der Waals surface area contributed by atoms with Crippen molar-refractivity contribution in [3.63, 3.8) is 0 Å². The van der Waals surface area contributed by atoms with Gasteiger partial charge in [-0.25, -0.2) is 0 Å². The van der Waals surface area contributed by atoms with Gasteiger partial charge in [0.1, 0.15) is 6.61 Å². The minimum absolute atomic E-state index is 0.143. The van der Waals surface area contributed by atoms with Gasteiger partial charge in [-0.1, -0.05) is 51.1 Å². The van der Waals surface area contributed by atoms with E-state index in [-0.39, 0.29) is 17.4 Å². The minimum Gasteiger partial charge on any atom is -0.461 e. The lowest BCUT2D eigenvalue weighted by Crippen LogP contribution is -2.36. The van der Waals surface area contributed by atoms with Crippen molar-refractivity contribution in [1.82, 2.24) is 5.32 Å². The zero-order chi connectivity index (χ0) is 15.0. The van der Waals surface area contributed by atoms with E-state index in [0.717, 1.165) is 18.5 Å². The topological polar surface area (TPSA) is 38.3 Å².